The monoisotopic (exact) mass is 507 g/mol. The van der Waals surface area contributed by atoms with Crippen molar-refractivity contribution in [2.24, 2.45) is 0 Å². The van der Waals surface area contributed by atoms with E-state index < -0.39 is 11.5 Å². The lowest BCUT2D eigenvalue weighted by atomic mass is 10.0. The molecular weight excluding hydrogens is 485 g/mol. The number of pyridine rings is 1. The largest absolute Gasteiger partial charge is 0.483 e. The van der Waals surface area contributed by atoms with Crippen molar-refractivity contribution < 1.29 is 13.9 Å². The summed E-state index contributed by atoms with van der Waals surface area (Å²) in [4.78, 5) is 30.4. The van der Waals surface area contributed by atoms with Crippen molar-refractivity contribution in [2.75, 3.05) is 12.0 Å². The number of aromatic nitrogens is 4. The molecule has 38 heavy (non-hydrogen) atoms. The van der Waals surface area contributed by atoms with Crippen molar-refractivity contribution in [3.05, 3.63) is 107 Å². The minimum atomic E-state index is -0.487. The first-order valence-electron chi connectivity index (χ1n) is 12.1. The van der Waals surface area contributed by atoms with Crippen molar-refractivity contribution >= 4 is 33.2 Å². The molecule has 188 valence electrons. The number of halogens is 1. The molecule has 0 aliphatic rings. The van der Waals surface area contributed by atoms with E-state index in [1.54, 1.807) is 28.8 Å². The highest BCUT2D eigenvalue weighted by Crippen LogP contribution is 2.29. The van der Waals surface area contributed by atoms with E-state index in [1.165, 1.54) is 24.5 Å². The lowest BCUT2D eigenvalue weighted by Gasteiger charge is -2.12. The van der Waals surface area contributed by atoms with Gasteiger partial charge in [0.25, 0.3) is 11.5 Å². The number of nitrogens with one attached hydrogen (secondary N) is 1. The average Bonchev–Trinajstić information content (AvgIpc) is 3.33. The Bertz CT molecular complexity index is 1890. The number of hydrogen-bond acceptors (Lipinski definition) is 5. The summed E-state index contributed by atoms with van der Waals surface area (Å²) in [7, 11) is 0. The Labute approximate surface area is 215 Å². The predicted octanol–water partition coefficient (Wildman–Crippen LogP) is 4.72. The summed E-state index contributed by atoms with van der Waals surface area (Å²) in [5.74, 6) is -0.232. The summed E-state index contributed by atoms with van der Waals surface area (Å²) in [5.41, 5.74) is 5.58. The summed E-state index contributed by atoms with van der Waals surface area (Å²) in [6, 6.07) is 21.2. The van der Waals surface area contributed by atoms with Crippen LogP contribution in [0.1, 0.15) is 12.6 Å². The second kappa shape index (κ2) is 9.44. The van der Waals surface area contributed by atoms with E-state index in [1.807, 2.05) is 43.3 Å². The predicted molar refractivity (Wildman–Crippen MR) is 143 cm³/mol. The molecule has 1 N–H and O–H groups in total. The highest BCUT2D eigenvalue weighted by atomic mass is 19.1. The topological polar surface area (TPSA) is 90.5 Å². The average molecular weight is 508 g/mol. The van der Waals surface area contributed by atoms with Crippen LogP contribution in [0, 0.1) is 5.82 Å². The van der Waals surface area contributed by atoms with Crippen molar-refractivity contribution in [2.45, 2.75) is 13.3 Å². The van der Waals surface area contributed by atoms with Gasteiger partial charge in [-0.25, -0.2) is 18.6 Å². The standard InChI is InChI=1S/C29H22FN5O3/c1-2-23-27(19-10-12-20(30)13-11-19)28-31-16-22-24(35(28)32-23)14-15-34(29(22)37)33-26(36)17-38-25-9-5-7-18-6-3-4-8-21(18)25/h3-16H,2,17H2,1H3,(H,33,36). The molecule has 6 aromatic rings. The molecule has 0 bridgehead atoms. The van der Waals surface area contributed by atoms with E-state index in [-0.39, 0.29) is 17.8 Å². The van der Waals surface area contributed by atoms with Crippen LogP contribution >= 0.6 is 0 Å². The zero-order valence-corrected chi connectivity index (χ0v) is 20.4. The highest BCUT2D eigenvalue weighted by molar-refractivity contribution is 5.90. The van der Waals surface area contributed by atoms with Gasteiger partial charge in [0.1, 0.15) is 11.6 Å². The zero-order valence-electron chi connectivity index (χ0n) is 20.4. The number of fused-ring (bicyclic) bond motifs is 4. The maximum Gasteiger partial charge on any atom is 0.280 e. The molecule has 3 heterocycles. The molecule has 0 aliphatic carbocycles. The molecule has 3 aromatic carbocycles. The van der Waals surface area contributed by atoms with E-state index >= 15 is 0 Å². The third-order valence-electron chi connectivity index (χ3n) is 6.41. The second-order valence-corrected chi connectivity index (χ2v) is 8.77. The summed E-state index contributed by atoms with van der Waals surface area (Å²) in [5, 5.41) is 6.86. The van der Waals surface area contributed by atoms with Crippen LogP contribution in [0.2, 0.25) is 0 Å². The Balaban J connectivity index is 1.30. The Morgan fingerprint density at radius 2 is 1.79 bits per heavy atom. The van der Waals surface area contributed by atoms with Crippen LogP contribution in [0.25, 0.3) is 38.4 Å². The summed E-state index contributed by atoms with van der Waals surface area (Å²) in [6.07, 6.45) is 3.57. The summed E-state index contributed by atoms with van der Waals surface area (Å²) >= 11 is 0. The molecule has 8 nitrogen and oxygen atoms in total. The molecule has 0 unspecified atom stereocenters. The van der Waals surface area contributed by atoms with Gasteiger partial charge < -0.3 is 4.74 Å². The van der Waals surface area contributed by atoms with Crippen LogP contribution in [0.15, 0.2) is 90.0 Å². The van der Waals surface area contributed by atoms with Crippen LogP contribution in [-0.2, 0) is 11.2 Å². The Kier molecular flexibility index (Phi) is 5.80. The van der Waals surface area contributed by atoms with Gasteiger partial charge in [-0.15, -0.1) is 0 Å². The Hall–Kier alpha value is -5.05. The van der Waals surface area contributed by atoms with E-state index in [0.717, 1.165) is 32.3 Å². The van der Waals surface area contributed by atoms with Crippen LogP contribution in [0.5, 0.6) is 5.75 Å². The number of carbonyl (C=O) groups is 1. The van der Waals surface area contributed by atoms with Gasteiger partial charge in [0, 0.05) is 23.3 Å². The molecular formula is C29H22FN5O3. The number of ether oxygens (including phenoxy) is 1. The van der Waals surface area contributed by atoms with Gasteiger partial charge >= 0.3 is 0 Å². The van der Waals surface area contributed by atoms with E-state index in [0.29, 0.717) is 23.3 Å². The SMILES string of the molecule is CCc1nn2c(ncc3c(=O)n(NC(=O)COc4cccc5ccccc45)ccc32)c1-c1ccc(F)cc1. The molecule has 9 heteroatoms. The lowest BCUT2D eigenvalue weighted by Crippen LogP contribution is -2.35. The van der Waals surface area contributed by atoms with Gasteiger partial charge in [0.2, 0.25) is 0 Å². The number of nitrogens with zero attached hydrogens (tertiary/aromatic N) is 4. The van der Waals surface area contributed by atoms with E-state index in [4.69, 9.17) is 4.74 Å². The normalized spacial score (nSPS) is 11.3. The molecule has 1 amide bonds. The summed E-state index contributed by atoms with van der Waals surface area (Å²) < 4.78 is 22.0. The van der Waals surface area contributed by atoms with Crippen LogP contribution in [-0.4, -0.2) is 31.8 Å². The quantitative estimate of drug-likeness (QED) is 0.353. The molecule has 0 aliphatic heterocycles. The maximum absolute atomic E-state index is 13.5. The second-order valence-electron chi connectivity index (χ2n) is 8.77. The molecule has 0 atom stereocenters. The maximum atomic E-state index is 13.5. The van der Waals surface area contributed by atoms with E-state index in [9.17, 15) is 14.0 Å². The van der Waals surface area contributed by atoms with E-state index in [2.05, 4.69) is 15.5 Å². The number of benzene rings is 3. The fraction of sp³-hybridized carbons (Fsp3) is 0.103. The third kappa shape index (κ3) is 4.03. The smallest absolute Gasteiger partial charge is 0.280 e. The van der Waals surface area contributed by atoms with Crippen LogP contribution in [0.4, 0.5) is 4.39 Å². The molecule has 0 fully saturated rings. The first-order valence-corrected chi connectivity index (χ1v) is 12.1. The number of rotatable bonds is 6. The number of aryl methyl sites for hydroxylation is 1. The number of hydrogen-bond donors (Lipinski definition) is 1. The van der Waals surface area contributed by atoms with Crippen molar-refractivity contribution in [3.63, 3.8) is 0 Å². The molecule has 0 saturated heterocycles. The summed E-state index contributed by atoms with van der Waals surface area (Å²) in [6.45, 7) is 1.70. The molecule has 0 spiro atoms. The van der Waals surface area contributed by atoms with Crippen LogP contribution < -0.4 is 15.7 Å². The first-order chi connectivity index (χ1) is 18.5. The first kappa shape index (κ1) is 23.4. The minimum Gasteiger partial charge on any atom is -0.483 e. The van der Waals surface area contributed by atoms with Gasteiger partial charge in [-0.1, -0.05) is 55.5 Å². The Morgan fingerprint density at radius 3 is 2.61 bits per heavy atom. The number of carbonyl (C=O) groups excluding carboxylic acids is 1. The fourth-order valence-electron chi connectivity index (χ4n) is 4.59. The van der Waals surface area contributed by atoms with Gasteiger partial charge in [-0.3, -0.25) is 15.0 Å². The lowest BCUT2D eigenvalue weighted by molar-refractivity contribution is -0.119. The molecule has 6 rings (SSSR count). The zero-order chi connectivity index (χ0) is 26.2. The fourth-order valence-corrected chi connectivity index (χ4v) is 4.59. The van der Waals surface area contributed by atoms with Crippen molar-refractivity contribution in [3.8, 4) is 16.9 Å². The molecule has 0 radical (unpaired) electrons. The van der Waals surface area contributed by atoms with Crippen molar-refractivity contribution in [1.29, 1.82) is 0 Å². The van der Waals surface area contributed by atoms with Gasteiger partial charge in [0.15, 0.2) is 12.3 Å². The van der Waals surface area contributed by atoms with Gasteiger partial charge in [0.05, 0.1) is 16.6 Å². The van der Waals surface area contributed by atoms with Gasteiger partial charge in [-0.2, -0.15) is 5.10 Å². The van der Waals surface area contributed by atoms with Crippen LogP contribution in [0.3, 0.4) is 0 Å². The molecule has 0 saturated carbocycles. The Morgan fingerprint density at radius 1 is 1.00 bits per heavy atom. The molecule has 3 aromatic heterocycles. The third-order valence-corrected chi connectivity index (χ3v) is 6.41. The van der Waals surface area contributed by atoms with Crippen molar-refractivity contribution in [1.82, 2.24) is 19.3 Å². The minimum absolute atomic E-state index is 0.268. The number of amides is 1. The van der Waals surface area contributed by atoms with Gasteiger partial charge in [-0.05, 0) is 41.6 Å². The highest BCUT2D eigenvalue weighted by Gasteiger charge is 2.18.